The summed E-state index contributed by atoms with van der Waals surface area (Å²) in [6.45, 7) is 2.92. The second-order valence-corrected chi connectivity index (χ2v) is 9.22. The molecule has 2 saturated heterocycles. The molecule has 0 unspecified atom stereocenters. The number of fused-ring (bicyclic) bond motifs is 1. The van der Waals surface area contributed by atoms with E-state index in [9.17, 15) is 9.59 Å². The highest BCUT2D eigenvalue weighted by atomic mass is 16.2. The van der Waals surface area contributed by atoms with Gasteiger partial charge in [-0.25, -0.2) is 4.98 Å². The molecule has 2 aromatic heterocycles. The maximum absolute atomic E-state index is 12.9. The van der Waals surface area contributed by atoms with Crippen LogP contribution in [0.15, 0.2) is 54.9 Å². The molecule has 3 aromatic rings. The number of rotatable bonds is 6. The molecule has 0 saturated carbocycles. The Bertz CT molecular complexity index is 1190. The van der Waals surface area contributed by atoms with Crippen LogP contribution >= 0.6 is 0 Å². The molecule has 4 heterocycles. The minimum atomic E-state index is -0.241. The van der Waals surface area contributed by atoms with Gasteiger partial charge in [-0.1, -0.05) is 6.07 Å². The molecule has 2 aliphatic heterocycles. The summed E-state index contributed by atoms with van der Waals surface area (Å²) in [5, 5.41) is 7.39. The van der Waals surface area contributed by atoms with Crippen molar-refractivity contribution >= 4 is 34.2 Å². The van der Waals surface area contributed by atoms with Crippen molar-refractivity contribution in [3.05, 3.63) is 60.4 Å². The number of hydrogen-bond acceptors (Lipinski definition) is 7. The summed E-state index contributed by atoms with van der Waals surface area (Å²) in [5.74, 6) is 0.397. The van der Waals surface area contributed by atoms with Crippen LogP contribution in [0.1, 0.15) is 36.0 Å². The summed E-state index contributed by atoms with van der Waals surface area (Å²) in [7, 11) is 0. The van der Waals surface area contributed by atoms with Crippen molar-refractivity contribution in [2.45, 2.75) is 37.9 Å². The van der Waals surface area contributed by atoms with Gasteiger partial charge in [-0.05, 0) is 62.1 Å². The number of pyridine rings is 2. The number of carbonyl (C=O) groups excluding carboxylic acids is 2. The average Bonchev–Trinajstić information content (AvgIpc) is 3.32. The summed E-state index contributed by atoms with van der Waals surface area (Å²) in [5.41, 5.74) is 8.16. The number of anilines is 2. The second kappa shape index (κ2) is 10.4. The molecule has 0 aliphatic carbocycles. The second-order valence-electron chi connectivity index (χ2n) is 9.22. The van der Waals surface area contributed by atoms with Crippen LogP contribution in [-0.4, -0.2) is 70.0 Å². The lowest BCUT2D eigenvalue weighted by molar-refractivity contribution is -0.133. The third kappa shape index (κ3) is 5.26. The average molecular weight is 474 g/mol. The fourth-order valence-electron chi connectivity index (χ4n) is 4.94. The molecule has 4 N–H and O–H groups in total. The molecule has 35 heavy (non-hydrogen) atoms. The lowest BCUT2D eigenvalue weighted by Gasteiger charge is -2.34. The Hall–Kier alpha value is -3.56. The summed E-state index contributed by atoms with van der Waals surface area (Å²) in [6, 6.07) is 13.3. The first-order valence-corrected chi connectivity index (χ1v) is 12.2. The lowest BCUT2D eigenvalue weighted by atomic mass is 10.0. The number of nitrogens with one attached hydrogen (secondary N) is 2. The summed E-state index contributed by atoms with van der Waals surface area (Å²) in [4.78, 5) is 38.2. The van der Waals surface area contributed by atoms with Crippen LogP contribution in [0.25, 0.3) is 10.9 Å². The summed E-state index contributed by atoms with van der Waals surface area (Å²) >= 11 is 0. The number of nitrogens with zero attached hydrogens (tertiary/aromatic N) is 4. The Balaban J connectivity index is 1.23. The number of likely N-dealkylation sites (tertiary alicyclic amines) is 2. The number of amides is 2. The predicted octanol–water partition coefficient (Wildman–Crippen LogP) is 2.67. The zero-order valence-electron chi connectivity index (χ0n) is 19.7. The zero-order chi connectivity index (χ0) is 24.2. The molecule has 0 bridgehead atoms. The fraction of sp³-hybridized carbons (Fsp3) is 0.385. The summed E-state index contributed by atoms with van der Waals surface area (Å²) < 4.78 is 0. The Morgan fingerprint density at radius 3 is 2.54 bits per heavy atom. The highest BCUT2D eigenvalue weighted by Gasteiger charge is 2.28. The van der Waals surface area contributed by atoms with Gasteiger partial charge in [0.2, 0.25) is 5.91 Å². The van der Waals surface area contributed by atoms with Gasteiger partial charge in [-0.15, -0.1) is 0 Å². The molecular weight excluding hydrogens is 442 g/mol. The number of aromatic nitrogens is 2. The molecule has 0 radical (unpaired) electrons. The van der Waals surface area contributed by atoms with E-state index in [-0.39, 0.29) is 24.0 Å². The first kappa shape index (κ1) is 23.2. The fourth-order valence-corrected chi connectivity index (χ4v) is 4.94. The van der Waals surface area contributed by atoms with Gasteiger partial charge in [0.1, 0.15) is 5.82 Å². The van der Waals surface area contributed by atoms with Gasteiger partial charge in [0, 0.05) is 49.1 Å². The van der Waals surface area contributed by atoms with Gasteiger partial charge in [0.15, 0.2) is 0 Å². The molecular formula is C26H31N7O2. The minimum Gasteiger partial charge on any atom is -0.382 e. The molecule has 182 valence electrons. The standard InChI is InChI=1S/C26H31N7O2/c27-22-6-4-14-33(22)24(34)17-32-15-10-18(11-16-32)30-21-9-8-20(25-19(21)5-3-13-29-25)26(35)31-23-7-1-2-12-28-23/h1-3,5,7-9,12-13,18,22,30H,4,6,10-11,14-17,27H2,(H,28,31,35)/t22-/m0/s1. The third-order valence-corrected chi connectivity index (χ3v) is 6.85. The van der Waals surface area contributed by atoms with Crippen molar-refractivity contribution in [3.63, 3.8) is 0 Å². The maximum atomic E-state index is 12.9. The first-order valence-electron chi connectivity index (χ1n) is 12.2. The van der Waals surface area contributed by atoms with Crippen molar-refractivity contribution < 1.29 is 9.59 Å². The Labute approximate surface area is 204 Å². The van der Waals surface area contributed by atoms with Crippen molar-refractivity contribution in [1.29, 1.82) is 0 Å². The van der Waals surface area contributed by atoms with Crippen LogP contribution in [0.4, 0.5) is 11.5 Å². The van der Waals surface area contributed by atoms with Gasteiger partial charge in [0.05, 0.1) is 23.8 Å². The van der Waals surface area contributed by atoms with E-state index in [2.05, 4.69) is 25.5 Å². The first-order chi connectivity index (χ1) is 17.1. The van der Waals surface area contributed by atoms with E-state index in [1.165, 1.54) is 0 Å². The van der Waals surface area contributed by atoms with Crippen molar-refractivity contribution in [1.82, 2.24) is 19.8 Å². The number of nitrogens with two attached hydrogens (primary N) is 1. The van der Waals surface area contributed by atoms with Crippen molar-refractivity contribution in [3.8, 4) is 0 Å². The lowest BCUT2D eigenvalue weighted by Crippen LogP contribution is -2.48. The molecule has 0 spiro atoms. The Morgan fingerprint density at radius 2 is 1.80 bits per heavy atom. The van der Waals surface area contributed by atoms with E-state index in [1.54, 1.807) is 24.5 Å². The topological polar surface area (TPSA) is 116 Å². The summed E-state index contributed by atoms with van der Waals surface area (Å²) in [6.07, 6.45) is 6.96. The molecule has 2 fully saturated rings. The van der Waals surface area contributed by atoms with Gasteiger partial charge in [0.25, 0.3) is 5.91 Å². The number of carbonyl (C=O) groups is 2. The molecule has 9 nitrogen and oxygen atoms in total. The minimum absolute atomic E-state index is 0.127. The molecule has 1 atom stereocenters. The molecule has 1 aromatic carbocycles. The van der Waals surface area contributed by atoms with Crippen molar-refractivity contribution in [2.24, 2.45) is 5.73 Å². The van der Waals surface area contributed by atoms with E-state index in [4.69, 9.17) is 5.73 Å². The quantitative estimate of drug-likeness (QED) is 0.504. The number of benzene rings is 1. The Morgan fingerprint density at radius 1 is 0.971 bits per heavy atom. The van der Waals surface area contributed by atoms with Crippen LogP contribution in [0, 0.1) is 0 Å². The zero-order valence-corrected chi connectivity index (χ0v) is 19.7. The van der Waals surface area contributed by atoms with Crippen LogP contribution < -0.4 is 16.4 Å². The van der Waals surface area contributed by atoms with Gasteiger partial charge < -0.3 is 21.3 Å². The highest BCUT2D eigenvalue weighted by molar-refractivity contribution is 6.13. The molecule has 2 amide bonds. The molecule has 5 rings (SSSR count). The predicted molar refractivity (Wildman–Crippen MR) is 136 cm³/mol. The monoisotopic (exact) mass is 473 g/mol. The Kier molecular flexibility index (Phi) is 6.87. The number of hydrogen-bond donors (Lipinski definition) is 3. The van der Waals surface area contributed by atoms with Crippen molar-refractivity contribution in [2.75, 3.05) is 36.8 Å². The van der Waals surface area contributed by atoms with Crippen LogP contribution in [0.3, 0.4) is 0 Å². The van der Waals surface area contributed by atoms with E-state index < -0.39 is 0 Å². The normalized spacial score (nSPS) is 19.1. The van der Waals surface area contributed by atoms with E-state index in [1.807, 2.05) is 35.2 Å². The van der Waals surface area contributed by atoms with E-state index >= 15 is 0 Å². The van der Waals surface area contributed by atoms with E-state index in [0.29, 0.717) is 23.4 Å². The van der Waals surface area contributed by atoms with Crippen LogP contribution in [-0.2, 0) is 4.79 Å². The van der Waals surface area contributed by atoms with Crippen LogP contribution in [0.5, 0.6) is 0 Å². The molecule has 9 heteroatoms. The highest BCUT2D eigenvalue weighted by Crippen LogP contribution is 2.28. The smallest absolute Gasteiger partial charge is 0.259 e. The van der Waals surface area contributed by atoms with E-state index in [0.717, 1.165) is 56.4 Å². The maximum Gasteiger partial charge on any atom is 0.259 e. The van der Waals surface area contributed by atoms with Gasteiger partial charge in [-0.2, -0.15) is 0 Å². The van der Waals surface area contributed by atoms with Gasteiger partial charge >= 0.3 is 0 Å². The van der Waals surface area contributed by atoms with Gasteiger partial charge in [-0.3, -0.25) is 19.5 Å². The largest absolute Gasteiger partial charge is 0.382 e. The SMILES string of the molecule is N[C@@H]1CCCN1C(=O)CN1CCC(Nc2ccc(C(=O)Nc3ccccn3)c3ncccc23)CC1. The molecule has 2 aliphatic rings. The number of piperidine rings is 1. The van der Waals surface area contributed by atoms with Crippen LogP contribution in [0.2, 0.25) is 0 Å². The third-order valence-electron chi connectivity index (χ3n) is 6.85.